The van der Waals surface area contributed by atoms with Gasteiger partial charge >= 0.3 is 12.7 Å². The third-order valence-corrected chi connectivity index (χ3v) is 9.54. The normalized spacial score (nSPS) is 15.2. The summed E-state index contributed by atoms with van der Waals surface area (Å²) in [6.07, 6.45) is 1.60. The first-order chi connectivity index (χ1) is 11.7. The van der Waals surface area contributed by atoms with Crippen molar-refractivity contribution in [2.75, 3.05) is 26.5 Å². The molecule has 0 aliphatic heterocycles. The van der Waals surface area contributed by atoms with Gasteiger partial charge in [0.05, 0.1) is 26.3 Å². The van der Waals surface area contributed by atoms with Crippen molar-refractivity contribution in [3.63, 3.8) is 0 Å². The monoisotopic (exact) mass is 433 g/mol. The Kier molecular flexibility index (Phi) is 12.6. The number of hydrogen-bond donors (Lipinski definition) is 0. The SMILES string of the molecule is CCOP(=S)(OCC)N(C(C)CC)[S+]([O-])N(C)C(=O)ON=C(C)SC. The molecule has 2 unspecified atom stereocenters. The number of nitrogens with zero attached hydrogens (tertiary/aromatic N) is 3. The Labute approximate surface area is 163 Å². The third kappa shape index (κ3) is 7.72. The first-order valence-corrected chi connectivity index (χ1v) is 12.7. The number of hydrogen-bond acceptors (Lipinski definition) is 8. The number of carbonyl (C=O) groups excluding carboxylic acids is 1. The summed E-state index contributed by atoms with van der Waals surface area (Å²) in [5.41, 5.74) is 0. The molecule has 25 heavy (non-hydrogen) atoms. The van der Waals surface area contributed by atoms with Gasteiger partial charge in [-0.05, 0) is 56.3 Å². The molecule has 0 heterocycles. The van der Waals surface area contributed by atoms with E-state index in [1.165, 1.54) is 22.9 Å². The van der Waals surface area contributed by atoms with Crippen molar-refractivity contribution in [2.45, 2.75) is 47.1 Å². The summed E-state index contributed by atoms with van der Waals surface area (Å²) in [7, 11) is 1.36. The smallest absolute Gasteiger partial charge is 0.479 e. The molecule has 0 aliphatic carbocycles. The Bertz CT molecular complexity index is 488. The van der Waals surface area contributed by atoms with Gasteiger partial charge in [0.25, 0.3) is 0 Å². The fourth-order valence-corrected chi connectivity index (χ4v) is 7.01. The van der Waals surface area contributed by atoms with Gasteiger partial charge in [-0.2, -0.15) is 0 Å². The van der Waals surface area contributed by atoms with Gasteiger partial charge in [0.15, 0.2) is 11.5 Å². The van der Waals surface area contributed by atoms with Crippen molar-refractivity contribution in [2.24, 2.45) is 5.16 Å². The average molecular weight is 434 g/mol. The lowest BCUT2D eigenvalue weighted by atomic mass is 10.3. The molecule has 0 saturated heterocycles. The Morgan fingerprint density at radius 1 is 1.36 bits per heavy atom. The summed E-state index contributed by atoms with van der Waals surface area (Å²) in [5, 5.41) is 4.23. The van der Waals surface area contributed by atoms with Crippen LogP contribution in [0.25, 0.3) is 0 Å². The highest BCUT2D eigenvalue weighted by molar-refractivity contribution is 8.13. The Morgan fingerprint density at radius 2 is 1.88 bits per heavy atom. The van der Waals surface area contributed by atoms with Gasteiger partial charge in [-0.1, -0.05) is 12.1 Å². The molecule has 0 aromatic heterocycles. The summed E-state index contributed by atoms with van der Waals surface area (Å²) in [6.45, 7) is 6.66. The number of carbonyl (C=O) groups is 1. The van der Waals surface area contributed by atoms with Crippen LogP contribution in [0, 0.1) is 0 Å². The predicted molar refractivity (Wildman–Crippen MR) is 108 cm³/mol. The number of amides is 1. The minimum absolute atomic E-state index is 0.226. The Balaban J connectivity index is 5.51. The first-order valence-electron chi connectivity index (χ1n) is 7.82. The van der Waals surface area contributed by atoms with Gasteiger partial charge in [0, 0.05) is 0 Å². The Hall–Kier alpha value is 0.130. The van der Waals surface area contributed by atoms with E-state index >= 15 is 0 Å². The van der Waals surface area contributed by atoms with Crippen LogP contribution in [-0.2, 0) is 37.2 Å². The molecule has 0 spiro atoms. The largest absolute Gasteiger partial charge is 0.573 e. The van der Waals surface area contributed by atoms with Crippen molar-refractivity contribution in [1.82, 2.24) is 8.38 Å². The van der Waals surface area contributed by atoms with Crippen molar-refractivity contribution >= 4 is 52.9 Å². The highest BCUT2D eigenvalue weighted by Crippen LogP contribution is 2.55. The molecular weight excluding hydrogens is 405 g/mol. The van der Waals surface area contributed by atoms with E-state index < -0.39 is 24.3 Å². The minimum atomic E-state index is -3.02. The molecule has 1 amide bonds. The predicted octanol–water partition coefficient (Wildman–Crippen LogP) is 3.73. The van der Waals surface area contributed by atoms with Crippen molar-refractivity contribution < 1.29 is 23.2 Å². The number of oxime groups is 1. The summed E-state index contributed by atoms with van der Waals surface area (Å²) in [6, 6.07) is -0.226. The molecule has 12 heteroatoms. The topological polar surface area (TPSA) is 86.7 Å². The zero-order valence-corrected chi connectivity index (χ0v) is 19.1. The molecule has 0 aromatic rings. The van der Waals surface area contributed by atoms with Gasteiger partial charge in [-0.3, -0.25) is 4.84 Å². The molecule has 0 fully saturated rings. The van der Waals surface area contributed by atoms with Crippen molar-refractivity contribution in [3.05, 3.63) is 0 Å². The van der Waals surface area contributed by atoms with Crippen LogP contribution in [-0.4, -0.2) is 56.6 Å². The van der Waals surface area contributed by atoms with Crippen LogP contribution in [0.2, 0.25) is 0 Å². The number of rotatable bonds is 10. The second-order valence-electron chi connectivity index (χ2n) is 4.76. The first kappa shape index (κ1) is 25.1. The zero-order chi connectivity index (χ0) is 19.6. The van der Waals surface area contributed by atoms with E-state index in [2.05, 4.69) is 5.16 Å². The highest BCUT2D eigenvalue weighted by Gasteiger charge is 2.45. The standard InChI is InChI=1S/C13H28N3O5PS3/c1-8-11(4)16(22(23,19-9-2)20-10-3)25(18)15(6)13(17)21-14-12(5)24-7/h11H,8-10H2,1-7H3. The summed E-state index contributed by atoms with van der Waals surface area (Å²) in [4.78, 5) is 16.9. The van der Waals surface area contributed by atoms with Gasteiger partial charge < -0.3 is 13.6 Å². The van der Waals surface area contributed by atoms with Gasteiger partial charge in [0.2, 0.25) is 0 Å². The quantitative estimate of drug-likeness (QED) is 0.129. The van der Waals surface area contributed by atoms with E-state index in [1.54, 1.807) is 27.0 Å². The van der Waals surface area contributed by atoms with Crippen LogP contribution in [0.4, 0.5) is 4.79 Å². The molecule has 2 atom stereocenters. The van der Waals surface area contributed by atoms with Crippen LogP contribution in [0.3, 0.4) is 0 Å². The highest BCUT2D eigenvalue weighted by atomic mass is 32.5. The van der Waals surface area contributed by atoms with E-state index in [9.17, 15) is 9.35 Å². The fourth-order valence-electron chi connectivity index (χ4n) is 1.50. The van der Waals surface area contributed by atoms with Crippen LogP contribution >= 0.6 is 18.4 Å². The molecule has 0 N–H and O–H groups in total. The van der Waals surface area contributed by atoms with Gasteiger partial charge in [-0.15, -0.1) is 16.1 Å². The molecular formula is C13H28N3O5PS3. The molecule has 148 valence electrons. The van der Waals surface area contributed by atoms with Crippen LogP contribution < -0.4 is 0 Å². The van der Waals surface area contributed by atoms with Crippen molar-refractivity contribution in [1.29, 1.82) is 0 Å². The molecule has 0 rings (SSSR count). The van der Waals surface area contributed by atoms with Crippen LogP contribution in [0.15, 0.2) is 5.16 Å². The Morgan fingerprint density at radius 3 is 2.28 bits per heavy atom. The summed E-state index contributed by atoms with van der Waals surface area (Å²) >= 11 is 4.96. The lowest BCUT2D eigenvalue weighted by molar-refractivity contribution is 0.133. The van der Waals surface area contributed by atoms with E-state index in [-0.39, 0.29) is 6.04 Å². The van der Waals surface area contributed by atoms with Gasteiger partial charge in [-0.25, -0.2) is 4.79 Å². The van der Waals surface area contributed by atoms with Crippen LogP contribution in [0.1, 0.15) is 41.0 Å². The minimum Gasteiger partial charge on any atom is -0.573 e. The fraction of sp³-hybridized carbons (Fsp3) is 0.846. The number of thioether (sulfide) groups is 1. The van der Waals surface area contributed by atoms with Gasteiger partial charge in [0.1, 0.15) is 5.04 Å². The summed E-state index contributed by atoms with van der Waals surface area (Å²) < 4.78 is 26.7. The lowest BCUT2D eigenvalue weighted by Gasteiger charge is -2.36. The third-order valence-electron chi connectivity index (χ3n) is 2.99. The molecule has 0 aliphatic rings. The molecule has 0 saturated carbocycles. The zero-order valence-electron chi connectivity index (χ0n) is 15.8. The van der Waals surface area contributed by atoms with Crippen LogP contribution in [0.5, 0.6) is 0 Å². The maximum Gasteiger partial charge on any atom is 0.479 e. The maximum atomic E-state index is 13.0. The van der Waals surface area contributed by atoms with Crippen molar-refractivity contribution in [3.8, 4) is 0 Å². The second kappa shape index (κ2) is 12.5. The molecule has 8 nitrogen and oxygen atoms in total. The van der Waals surface area contributed by atoms with E-state index in [0.717, 1.165) is 4.31 Å². The van der Waals surface area contributed by atoms with E-state index in [0.29, 0.717) is 24.7 Å². The summed E-state index contributed by atoms with van der Waals surface area (Å²) in [5.74, 6) is 0. The average Bonchev–Trinajstić information content (AvgIpc) is 2.58. The molecule has 0 bridgehead atoms. The van der Waals surface area contributed by atoms with E-state index in [4.69, 9.17) is 25.7 Å². The molecule has 0 radical (unpaired) electrons. The molecule has 0 aromatic carbocycles. The maximum absolute atomic E-state index is 13.0. The second-order valence-corrected chi connectivity index (χ2v) is 10.7. The van der Waals surface area contributed by atoms with E-state index in [1.807, 2.05) is 13.8 Å². The lowest BCUT2D eigenvalue weighted by Crippen LogP contribution is -2.47.